The van der Waals surface area contributed by atoms with Crippen LogP contribution in [0.5, 0.6) is 0 Å². The van der Waals surface area contributed by atoms with Crippen LogP contribution in [0, 0.1) is 12.3 Å². The number of nitrogens with zero attached hydrogens (tertiary/aromatic N) is 1. The van der Waals surface area contributed by atoms with E-state index in [0.29, 0.717) is 0 Å². The van der Waals surface area contributed by atoms with Gasteiger partial charge < -0.3 is 10.6 Å². The highest BCUT2D eigenvalue weighted by molar-refractivity contribution is 5.85. The molecule has 90 valence electrons. The van der Waals surface area contributed by atoms with E-state index in [-0.39, 0.29) is 11.9 Å². The molecule has 1 rings (SSSR count). The van der Waals surface area contributed by atoms with Crippen molar-refractivity contribution < 1.29 is 4.79 Å². The van der Waals surface area contributed by atoms with Gasteiger partial charge in [0.15, 0.2) is 0 Å². The van der Waals surface area contributed by atoms with Crippen LogP contribution in [0.15, 0.2) is 0 Å². The summed E-state index contributed by atoms with van der Waals surface area (Å²) in [6.45, 7) is 9.35. The summed E-state index contributed by atoms with van der Waals surface area (Å²) in [6, 6.07) is -0.213. The SMILES string of the molecule is C#CC(C)NC(=O)C(C)(C)N1CCNCC1. The van der Waals surface area contributed by atoms with Crippen LogP contribution < -0.4 is 10.6 Å². The predicted octanol–water partition coefficient (Wildman–Crippen LogP) is -0.192. The summed E-state index contributed by atoms with van der Waals surface area (Å²) in [7, 11) is 0. The average molecular weight is 223 g/mol. The summed E-state index contributed by atoms with van der Waals surface area (Å²) in [5, 5.41) is 6.10. The van der Waals surface area contributed by atoms with Crippen LogP contribution in [0.1, 0.15) is 20.8 Å². The minimum atomic E-state index is -0.493. The number of piperazine rings is 1. The van der Waals surface area contributed by atoms with Gasteiger partial charge in [0.05, 0.1) is 11.6 Å². The van der Waals surface area contributed by atoms with Crippen molar-refractivity contribution in [1.29, 1.82) is 0 Å². The minimum absolute atomic E-state index is 0.000139. The zero-order valence-electron chi connectivity index (χ0n) is 10.3. The maximum atomic E-state index is 12.1. The molecule has 0 spiro atoms. The Morgan fingerprint density at radius 3 is 2.56 bits per heavy atom. The molecular weight excluding hydrogens is 202 g/mol. The largest absolute Gasteiger partial charge is 0.341 e. The van der Waals surface area contributed by atoms with Gasteiger partial charge in [0.25, 0.3) is 0 Å². The van der Waals surface area contributed by atoms with Gasteiger partial charge in [-0.25, -0.2) is 0 Å². The standard InChI is InChI=1S/C12H21N3O/c1-5-10(2)14-11(16)12(3,4)15-8-6-13-7-9-15/h1,10,13H,6-9H2,2-4H3,(H,14,16). The summed E-state index contributed by atoms with van der Waals surface area (Å²) < 4.78 is 0. The summed E-state index contributed by atoms with van der Waals surface area (Å²) in [4.78, 5) is 14.2. The third kappa shape index (κ3) is 2.97. The van der Waals surface area contributed by atoms with Crippen molar-refractivity contribution in [3.05, 3.63) is 0 Å². The van der Waals surface area contributed by atoms with Gasteiger partial charge in [-0.15, -0.1) is 6.42 Å². The van der Waals surface area contributed by atoms with Gasteiger partial charge in [0.2, 0.25) is 5.91 Å². The van der Waals surface area contributed by atoms with Gasteiger partial charge in [0, 0.05) is 26.2 Å². The van der Waals surface area contributed by atoms with Crippen LogP contribution in [-0.4, -0.2) is 48.6 Å². The predicted molar refractivity (Wildman–Crippen MR) is 65.0 cm³/mol. The zero-order valence-corrected chi connectivity index (χ0v) is 10.3. The van der Waals surface area contributed by atoms with Crippen LogP contribution in [0.2, 0.25) is 0 Å². The molecule has 1 aliphatic rings. The second-order valence-corrected chi connectivity index (χ2v) is 4.66. The van der Waals surface area contributed by atoms with E-state index < -0.39 is 5.54 Å². The molecule has 1 saturated heterocycles. The smallest absolute Gasteiger partial charge is 0.240 e. The van der Waals surface area contributed by atoms with Crippen LogP contribution in [-0.2, 0) is 4.79 Å². The quantitative estimate of drug-likeness (QED) is 0.652. The van der Waals surface area contributed by atoms with Crippen LogP contribution in [0.25, 0.3) is 0 Å². The molecule has 4 heteroatoms. The van der Waals surface area contributed by atoms with E-state index in [4.69, 9.17) is 6.42 Å². The first kappa shape index (κ1) is 13.0. The Kier molecular flexibility index (Phi) is 4.34. The zero-order chi connectivity index (χ0) is 12.2. The Labute approximate surface area is 97.8 Å². The Morgan fingerprint density at radius 2 is 2.06 bits per heavy atom. The lowest BCUT2D eigenvalue weighted by molar-refractivity contribution is -0.132. The molecule has 0 aromatic carbocycles. The Hall–Kier alpha value is -1.05. The molecule has 0 saturated carbocycles. The first-order valence-corrected chi connectivity index (χ1v) is 5.71. The average Bonchev–Trinajstić information content (AvgIpc) is 2.29. The normalized spacial score (nSPS) is 19.9. The molecule has 1 atom stereocenters. The van der Waals surface area contributed by atoms with Crippen LogP contribution in [0.3, 0.4) is 0 Å². The first-order chi connectivity index (χ1) is 7.48. The molecule has 0 aromatic heterocycles. The number of terminal acetylenes is 1. The van der Waals surface area contributed by atoms with Crippen molar-refractivity contribution in [2.24, 2.45) is 0 Å². The lowest BCUT2D eigenvalue weighted by Crippen LogP contribution is -2.60. The monoisotopic (exact) mass is 223 g/mol. The summed E-state index contributed by atoms with van der Waals surface area (Å²) in [6.07, 6.45) is 5.25. The van der Waals surface area contributed by atoms with E-state index in [2.05, 4.69) is 21.5 Å². The van der Waals surface area contributed by atoms with E-state index in [1.54, 1.807) is 0 Å². The fraction of sp³-hybridized carbons (Fsp3) is 0.750. The second-order valence-electron chi connectivity index (χ2n) is 4.66. The number of carbonyl (C=O) groups is 1. The van der Waals surface area contributed by atoms with Gasteiger partial charge in [-0.2, -0.15) is 0 Å². The molecular formula is C12H21N3O. The highest BCUT2D eigenvalue weighted by Crippen LogP contribution is 2.15. The highest BCUT2D eigenvalue weighted by atomic mass is 16.2. The van der Waals surface area contributed by atoms with E-state index in [1.165, 1.54) is 0 Å². The Morgan fingerprint density at radius 1 is 1.50 bits per heavy atom. The van der Waals surface area contributed by atoms with Gasteiger partial charge in [-0.05, 0) is 20.8 Å². The van der Waals surface area contributed by atoms with Gasteiger partial charge >= 0.3 is 0 Å². The molecule has 1 heterocycles. The van der Waals surface area contributed by atoms with E-state index in [9.17, 15) is 4.79 Å². The molecule has 1 aliphatic heterocycles. The Balaban J connectivity index is 2.61. The van der Waals surface area contributed by atoms with Gasteiger partial charge in [-0.3, -0.25) is 9.69 Å². The number of carbonyl (C=O) groups excluding carboxylic acids is 1. The van der Waals surface area contributed by atoms with Gasteiger partial charge in [-0.1, -0.05) is 5.92 Å². The number of hydrogen-bond donors (Lipinski definition) is 2. The van der Waals surface area contributed by atoms with Gasteiger partial charge in [0.1, 0.15) is 0 Å². The lowest BCUT2D eigenvalue weighted by atomic mass is 10.00. The van der Waals surface area contributed by atoms with Crippen molar-refractivity contribution in [3.8, 4) is 12.3 Å². The Bertz CT molecular complexity index is 287. The van der Waals surface area contributed by atoms with Crippen molar-refractivity contribution in [1.82, 2.24) is 15.5 Å². The van der Waals surface area contributed by atoms with E-state index >= 15 is 0 Å². The first-order valence-electron chi connectivity index (χ1n) is 5.71. The summed E-state index contributed by atoms with van der Waals surface area (Å²) in [5.41, 5.74) is -0.493. The minimum Gasteiger partial charge on any atom is -0.341 e. The lowest BCUT2D eigenvalue weighted by Gasteiger charge is -2.40. The molecule has 1 fully saturated rings. The molecule has 1 amide bonds. The summed E-state index contributed by atoms with van der Waals surface area (Å²) in [5.74, 6) is 2.51. The van der Waals surface area contributed by atoms with Crippen LogP contribution in [0.4, 0.5) is 0 Å². The number of nitrogens with one attached hydrogen (secondary N) is 2. The highest BCUT2D eigenvalue weighted by Gasteiger charge is 2.35. The van der Waals surface area contributed by atoms with E-state index in [0.717, 1.165) is 26.2 Å². The maximum absolute atomic E-state index is 12.1. The van der Waals surface area contributed by atoms with Crippen molar-refractivity contribution >= 4 is 5.91 Å². The van der Waals surface area contributed by atoms with E-state index in [1.807, 2.05) is 20.8 Å². The maximum Gasteiger partial charge on any atom is 0.240 e. The number of hydrogen-bond acceptors (Lipinski definition) is 3. The third-order valence-corrected chi connectivity index (χ3v) is 3.06. The molecule has 2 N–H and O–H groups in total. The molecule has 16 heavy (non-hydrogen) atoms. The molecule has 0 aromatic rings. The van der Waals surface area contributed by atoms with Crippen LogP contribution >= 0.6 is 0 Å². The summed E-state index contributed by atoms with van der Waals surface area (Å²) >= 11 is 0. The third-order valence-electron chi connectivity index (χ3n) is 3.06. The molecule has 0 aliphatic carbocycles. The second kappa shape index (κ2) is 5.33. The number of rotatable bonds is 3. The number of amides is 1. The molecule has 1 unspecified atom stereocenters. The molecule has 4 nitrogen and oxygen atoms in total. The van der Waals surface area contributed by atoms with Crippen molar-refractivity contribution in [2.45, 2.75) is 32.4 Å². The fourth-order valence-corrected chi connectivity index (χ4v) is 1.78. The van der Waals surface area contributed by atoms with Crippen molar-refractivity contribution in [2.75, 3.05) is 26.2 Å². The molecule has 0 radical (unpaired) electrons. The fourth-order valence-electron chi connectivity index (χ4n) is 1.78. The molecule has 0 bridgehead atoms. The van der Waals surface area contributed by atoms with Crippen molar-refractivity contribution in [3.63, 3.8) is 0 Å². The topological polar surface area (TPSA) is 44.4 Å².